The summed E-state index contributed by atoms with van der Waals surface area (Å²) in [6.45, 7) is 0.901. The summed E-state index contributed by atoms with van der Waals surface area (Å²) in [6.07, 6.45) is 0.910. The SMILES string of the molecule is Oc1c(Cl)cc(F)cc1[C@@H]1CCN1. The van der Waals surface area contributed by atoms with E-state index in [2.05, 4.69) is 5.32 Å². The van der Waals surface area contributed by atoms with Crippen molar-refractivity contribution < 1.29 is 9.50 Å². The standard InChI is InChI=1S/C9H9ClFNO/c10-7-4-5(11)3-6(9(7)13)8-1-2-12-8/h3-4,8,12-13H,1-2H2/t8-/m0/s1. The van der Waals surface area contributed by atoms with Gasteiger partial charge in [0.15, 0.2) is 0 Å². The van der Waals surface area contributed by atoms with E-state index in [-0.39, 0.29) is 16.8 Å². The highest BCUT2D eigenvalue weighted by molar-refractivity contribution is 6.32. The number of rotatable bonds is 1. The van der Waals surface area contributed by atoms with Crippen LogP contribution < -0.4 is 5.32 Å². The van der Waals surface area contributed by atoms with Gasteiger partial charge < -0.3 is 10.4 Å². The van der Waals surface area contributed by atoms with Crippen LogP contribution >= 0.6 is 11.6 Å². The maximum Gasteiger partial charge on any atom is 0.139 e. The third-order valence-electron chi connectivity index (χ3n) is 2.26. The van der Waals surface area contributed by atoms with Crippen molar-refractivity contribution >= 4 is 11.6 Å². The first-order valence-electron chi connectivity index (χ1n) is 4.10. The number of hydrogen-bond acceptors (Lipinski definition) is 2. The summed E-state index contributed by atoms with van der Waals surface area (Å²) < 4.78 is 12.9. The Bertz CT molecular complexity index is 339. The molecule has 0 saturated carbocycles. The van der Waals surface area contributed by atoms with Crippen LogP contribution in [0.25, 0.3) is 0 Å². The molecule has 1 aromatic carbocycles. The molecule has 1 fully saturated rings. The van der Waals surface area contributed by atoms with Crippen molar-refractivity contribution in [2.75, 3.05) is 6.54 Å². The summed E-state index contributed by atoms with van der Waals surface area (Å²) in [7, 11) is 0. The van der Waals surface area contributed by atoms with Crippen molar-refractivity contribution in [2.45, 2.75) is 12.5 Å². The lowest BCUT2D eigenvalue weighted by molar-refractivity contribution is 0.363. The minimum atomic E-state index is -0.411. The lowest BCUT2D eigenvalue weighted by atomic mass is 9.97. The summed E-state index contributed by atoms with van der Waals surface area (Å²) >= 11 is 5.63. The quantitative estimate of drug-likeness (QED) is 0.730. The molecule has 0 spiro atoms. The molecule has 1 aliphatic heterocycles. The number of benzene rings is 1. The number of phenolic OH excluding ortho intramolecular Hbond substituents is 1. The predicted octanol–water partition coefficient (Wildman–Crippen LogP) is 2.22. The van der Waals surface area contributed by atoms with E-state index in [9.17, 15) is 9.50 Å². The molecule has 0 aliphatic carbocycles. The number of halogens is 2. The van der Waals surface area contributed by atoms with Gasteiger partial charge in [0.2, 0.25) is 0 Å². The van der Waals surface area contributed by atoms with Crippen molar-refractivity contribution in [2.24, 2.45) is 0 Å². The van der Waals surface area contributed by atoms with E-state index < -0.39 is 5.82 Å². The molecule has 13 heavy (non-hydrogen) atoms. The lowest BCUT2D eigenvalue weighted by Gasteiger charge is -2.28. The Kier molecular flexibility index (Phi) is 2.14. The van der Waals surface area contributed by atoms with E-state index in [0.717, 1.165) is 19.0 Å². The third-order valence-corrected chi connectivity index (χ3v) is 2.54. The van der Waals surface area contributed by atoms with Gasteiger partial charge in [0.25, 0.3) is 0 Å². The van der Waals surface area contributed by atoms with Crippen LogP contribution in [0.1, 0.15) is 18.0 Å². The van der Waals surface area contributed by atoms with Crippen LogP contribution in [0.4, 0.5) is 4.39 Å². The molecule has 2 rings (SSSR count). The Balaban J connectivity index is 2.42. The first kappa shape index (κ1) is 8.78. The number of nitrogens with one attached hydrogen (secondary N) is 1. The van der Waals surface area contributed by atoms with Crippen LogP contribution in [0.3, 0.4) is 0 Å². The Morgan fingerprint density at radius 3 is 2.77 bits per heavy atom. The largest absolute Gasteiger partial charge is 0.506 e. The molecule has 70 valence electrons. The van der Waals surface area contributed by atoms with Gasteiger partial charge in [0, 0.05) is 11.6 Å². The van der Waals surface area contributed by atoms with E-state index >= 15 is 0 Å². The molecule has 4 heteroatoms. The van der Waals surface area contributed by atoms with Crippen LogP contribution in [0, 0.1) is 5.82 Å². The fourth-order valence-corrected chi connectivity index (χ4v) is 1.62. The van der Waals surface area contributed by atoms with Crippen LogP contribution in [-0.4, -0.2) is 11.7 Å². The molecule has 1 aromatic rings. The second-order valence-electron chi connectivity index (χ2n) is 3.12. The Hall–Kier alpha value is -0.800. The summed E-state index contributed by atoms with van der Waals surface area (Å²) in [5.41, 5.74) is 0.552. The molecule has 0 aromatic heterocycles. The van der Waals surface area contributed by atoms with Crippen LogP contribution in [0.15, 0.2) is 12.1 Å². The fraction of sp³-hybridized carbons (Fsp3) is 0.333. The Labute approximate surface area is 80.3 Å². The Morgan fingerprint density at radius 2 is 2.23 bits per heavy atom. The zero-order chi connectivity index (χ0) is 9.42. The van der Waals surface area contributed by atoms with E-state index in [0.29, 0.717) is 5.56 Å². The molecule has 1 heterocycles. The average Bonchev–Trinajstić information content (AvgIpc) is 1.95. The van der Waals surface area contributed by atoms with Gasteiger partial charge in [-0.25, -0.2) is 4.39 Å². The molecule has 1 aliphatic rings. The normalized spacial score (nSPS) is 21.2. The average molecular weight is 202 g/mol. The van der Waals surface area contributed by atoms with Gasteiger partial charge in [0.05, 0.1) is 5.02 Å². The first-order chi connectivity index (χ1) is 6.18. The number of phenols is 1. The minimum absolute atomic E-state index is 0.0136. The molecule has 1 saturated heterocycles. The number of aromatic hydroxyl groups is 1. The molecule has 2 nitrogen and oxygen atoms in total. The molecular weight excluding hydrogens is 193 g/mol. The third kappa shape index (κ3) is 1.49. The van der Waals surface area contributed by atoms with Gasteiger partial charge >= 0.3 is 0 Å². The molecule has 0 bridgehead atoms. The lowest BCUT2D eigenvalue weighted by Crippen LogP contribution is -2.35. The van der Waals surface area contributed by atoms with Crippen LogP contribution in [0.2, 0.25) is 5.02 Å². The van der Waals surface area contributed by atoms with E-state index in [4.69, 9.17) is 11.6 Å². The van der Waals surface area contributed by atoms with Crippen molar-refractivity contribution in [3.63, 3.8) is 0 Å². The molecular formula is C9H9ClFNO. The highest BCUT2D eigenvalue weighted by Gasteiger charge is 2.23. The first-order valence-corrected chi connectivity index (χ1v) is 4.47. The van der Waals surface area contributed by atoms with Crippen molar-refractivity contribution in [1.82, 2.24) is 5.32 Å². The van der Waals surface area contributed by atoms with Crippen LogP contribution in [-0.2, 0) is 0 Å². The predicted molar refractivity (Wildman–Crippen MR) is 48.4 cm³/mol. The molecule has 0 amide bonds. The Morgan fingerprint density at radius 1 is 1.54 bits per heavy atom. The fourth-order valence-electron chi connectivity index (χ4n) is 1.41. The second kappa shape index (κ2) is 3.16. The summed E-state index contributed by atoms with van der Waals surface area (Å²) in [6, 6.07) is 2.48. The maximum atomic E-state index is 12.9. The zero-order valence-electron chi connectivity index (χ0n) is 6.85. The zero-order valence-corrected chi connectivity index (χ0v) is 7.61. The van der Waals surface area contributed by atoms with Gasteiger partial charge in [-0.3, -0.25) is 0 Å². The van der Waals surface area contributed by atoms with E-state index in [1.165, 1.54) is 6.07 Å². The van der Waals surface area contributed by atoms with Gasteiger partial charge in [-0.2, -0.15) is 0 Å². The molecule has 2 N–H and O–H groups in total. The minimum Gasteiger partial charge on any atom is -0.506 e. The van der Waals surface area contributed by atoms with Gasteiger partial charge in [-0.15, -0.1) is 0 Å². The van der Waals surface area contributed by atoms with Gasteiger partial charge in [0.1, 0.15) is 11.6 Å². The topological polar surface area (TPSA) is 32.3 Å². The van der Waals surface area contributed by atoms with Crippen molar-refractivity contribution in [3.05, 3.63) is 28.5 Å². The molecule has 0 radical (unpaired) electrons. The monoisotopic (exact) mass is 201 g/mol. The smallest absolute Gasteiger partial charge is 0.139 e. The van der Waals surface area contributed by atoms with Crippen LogP contribution in [0.5, 0.6) is 5.75 Å². The van der Waals surface area contributed by atoms with Gasteiger partial charge in [-0.1, -0.05) is 11.6 Å². The molecule has 1 atom stereocenters. The number of hydrogen-bond donors (Lipinski definition) is 2. The highest BCUT2D eigenvalue weighted by atomic mass is 35.5. The molecule has 0 unspecified atom stereocenters. The summed E-state index contributed by atoms with van der Waals surface area (Å²) in [5, 5.41) is 12.7. The van der Waals surface area contributed by atoms with E-state index in [1.54, 1.807) is 0 Å². The summed E-state index contributed by atoms with van der Waals surface area (Å²) in [4.78, 5) is 0. The van der Waals surface area contributed by atoms with Crippen molar-refractivity contribution in [1.29, 1.82) is 0 Å². The van der Waals surface area contributed by atoms with E-state index in [1.807, 2.05) is 0 Å². The van der Waals surface area contributed by atoms with Gasteiger partial charge in [-0.05, 0) is 25.1 Å². The maximum absolute atomic E-state index is 12.9. The highest BCUT2D eigenvalue weighted by Crippen LogP contribution is 2.36. The second-order valence-corrected chi connectivity index (χ2v) is 3.53. The summed E-state index contributed by atoms with van der Waals surface area (Å²) in [5.74, 6) is -0.424. The van der Waals surface area contributed by atoms with Crippen molar-refractivity contribution in [3.8, 4) is 5.75 Å².